The van der Waals surface area contributed by atoms with E-state index in [0.717, 1.165) is 13.1 Å². The summed E-state index contributed by atoms with van der Waals surface area (Å²) in [5.74, 6) is -0.985. The minimum atomic E-state index is -0.985. The Hall–Kier alpha value is -2.36. The van der Waals surface area contributed by atoms with Crippen molar-refractivity contribution in [1.29, 1.82) is 0 Å². The Labute approximate surface area is 105 Å². The van der Waals surface area contributed by atoms with Gasteiger partial charge in [-0.2, -0.15) is 0 Å². The SMILES string of the molecule is O=C(O)c1ncccc1N1Cc2ccccc2C1. The monoisotopic (exact) mass is 240 g/mol. The van der Waals surface area contributed by atoms with Crippen molar-refractivity contribution in [3.8, 4) is 0 Å². The van der Waals surface area contributed by atoms with E-state index >= 15 is 0 Å². The summed E-state index contributed by atoms with van der Waals surface area (Å²) in [5, 5.41) is 9.15. The van der Waals surface area contributed by atoms with Gasteiger partial charge in [0.25, 0.3) is 0 Å². The Morgan fingerprint density at radius 2 is 1.78 bits per heavy atom. The topological polar surface area (TPSA) is 53.4 Å². The van der Waals surface area contributed by atoms with E-state index in [9.17, 15) is 4.79 Å². The number of anilines is 1. The highest BCUT2D eigenvalue weighted by molar-refractivity contribution is 5.92. The normalized spacial score (nSPS) is 13.4. The van der Waals surface area contributed by atoms with Gasteiger partial charge in [0.15, 0.2) is 5.69 Å². The number of hydrogen-bond donors (Lipinski definition) is 1. The van der Waals surface area contributed by atoms with Gasteiger partial charge in [-0.25, -0.2) is 9.78 Å². The Morgan fingerprint density at radius 1 is 1.11 bits per heavy atom. The van der Waals surface area contributed by atoms with E-state index in [1.165, 1.54) is 17.3 Å². The van der Waals surface area contributed by atoms with Gasteiger partial charge >= 0.3 is 5.97 Å². The van der Waals surface area contributed by atoms with E-state index in [1.54, 1.807) is 6.07 Å². The molecular weight excluding hydrogens is 228 g/mol. The molecule has 4 heteroatoms. The van der Waals surface area contributed by atoms with Crippen molar-refractivity contribution >= 4 is 11.7 Å². The first-order valence-electron chi connectivity index (χ1n) is 5.76. The van der Waals surface area contributed by atoms with E-state index in [0.29, 0.717) is 5.69 Å². The van der Waals surface area contributed by atoms with Crippen molar-refractivity contribution in [2.24, 2.45) is 0 Å². The quantitative estimate of drug-likeness (QED) is 0.875. The molecule has 1 aliphatic rings. The molecule has 3 rings (SSSR count). The van der Waals surface area contributed by atoms with Gasteiger partial charge in [0.05, 0.1) is 5.69 Å². The smallest absolute Gasteiger partial charge is 0.356 e. The van der Waals surface area contributed by atoms with Crippen molar-refractivity contribution in [3.63, 3.8) is 0 Å². The maximum Gasteiger partial charge on any atom is 0.356 e. The number of carboxylic acids is 1. The first-order chi connectivity index (χ1) is 8.75. The molecule has 0 atom stereocenters. The molecule has 1 aromatic heterocycles. The third-order valence-corrected chi connectivity index (χ3v) is 3.17. The maximum atomic E-state index is 11.2. The lowest BCUT2D eigenvalue weighted by molar-refractivity contribution is 0.0691. The Morgan fingerprint density at radius 3 is 2.39 bits per heavy atom. The minimum Gasteiger partial charge on any atom is -0.476 e. The average Bonchev–Trinajstić information content (AvgIpc) is 2.82. The van der Waals surface area contributed by atoms with Gasteiger partial charge in [-0.3, -0.25) is 0 Å². The number of pyridine rings is 1. The van der Waals surface area contributed by atoms with Gasteiger partial charge in [-0.05, 0) is 23.3 Å². The van der Waals surface area contributed by atoms with Gasteiger partial charge in [0, 0.05) is 19.3 Å². The summed E-state index contributed by atoms with van der Waals surface area (Å²) in [7, 11) is 0. The first kappa shape index (κ1) is 10.8. The van der Waals surface area contributed by atoms with Crippen LogP contribution in [0.2, 0.25) is 0 Å². The molecular formula is C14H12N2O2. The molecule has 2 heterocycles. The second kappa shape index (κ2) is 4.14. The van der Waals surface area contributed by atoms with Gasteiger partial charge in [-0.15, -0.1) is 0 Å². The van der Waals surface area contributed by atoms with Crippen LogP contribution in [0.4, 0.5) is 5.69 Å². The molecule has 4 nitrogen and oxygen atoms in total. The highest BCUT2D eigenvalue weighted by atomic mass is 16.4. The summed E-state index contributed by atoms with van der Waals surface area (Å²) >= 11 is 0. The van der Waals surface area contributed by atoms with Crippen LogP contribution >= 0.6 is 0 Å². The Bertz CT molecular complexity index is 585. The van der Waals surface area contributed by atoms with Crippen LogP contribution in [-0.2, 0) is 13.1 Å². The van der Waals surface area contributed by atoms with Crippen molar-refractivity contribution in [2.75, 3.05) is 4.90 Å². The molecule has 0 unspecified atom stereocenters. The summed E-state index contributed by atoms with van der Waals surface area (Å²) in [4.78, 5) is 17.1. The van der Waals surface area contributed by atoms with Gasteiger partial charge in [-0.1, -0.05) is 24.3 Å². The number of hydrogen-bond acceptors (Lipinski definition) is 3. The highest BCUT2D eigenvalue weighted by Crippen LogP contribution is 2.29. The molecule has 0 saturated heterocycles. The molecule has 0 aliphatic carbocycles. The standard InChI is InChI=1S/C14H12N2O2/c17-14(18)13-12(6-3-7-15-13)16-8-10-4-1-2-5-11(10)9-16/h1-7H,8-9H2,(H,17,18). The first-order valence-corrected chi connectivity index (χ1v) is 5.76. The van der Waals surface area contributed by atoms with E-state index in [1.807, 2.05) is 23.1 Å². The fourth-order valence-corrected chi connectivity index (χ4v) is 2.32. The third kappa shape index (κ3) is 1.72. The van der Waals surface area contributed by atoms with Crippen LogP contribution in [0.3, 0.4) is 0 Å². The third-order valence-electron chi connectivity index (χ3n) is 3.17. The molecule has 0 amide bonds. The predicted molar refractivity (Wildman–Crippen MR) is 67.5 cm³/mol. The van der Waals surface area contributed by atoms with Gasteiger partial charge < -0.3 is 10.0 Å². The summed E-state index contributed by atoms with van der Waals surface area (Å²) in [6.45, 7) is 1.48. The predicted octanol–water partition coefficient (Wildman–Crippen LogP) is 2.30. The maximum absolute atomic E-state index is 11.2. The van der Waals surface area contributed by atoms with Crippen LogP contribution in [0, 0.1) is 0 Å². The number of aromatic nitrogens is 1. The molecule has 1 aliphatic heterocycles. The largest absolute Gasteiger partial charge is 0.476 e. The summed E-state index contributed by atoms with van der Waals surface area (Å²) in [6, 6.07) is 11.7. The number of carboxylic acid groups (broad SMARTS) is 1. The van der Waals surface area contributed by atoms with E-state index < -0.39 is 5.97 Å². The number of benzene rings is 1. The minimum absolute atomic E-state index is 0.116. The van der Waals surface area contributed by atoms with Crippen molar-refractivity contribution in [1.82, 2.24) is 4.98 Å². The second-order valence-electron chi connectivity index (χ2n) is 4.30. The van der Waals surface area contributed by atoms with Crippen molar-refractivity contribution in [2.45, 2.75) is 13.1 Å². The molecule has 1 aromatic carbocycles. The molecule has 0 fully saturated rings. The summed E-state index contributed by atoms with van der Waals surface area (Å²) in [6.07, 6.45) is 1.51. The Kier molecular flexibility index (Phi) is 2.48. The van der Waals surface area contributed by atoms with Crippen LogP contribution < -0.4 is 4.90 Å². The fraction of sp³-hybridized carbons (Fsp3) is 0.143. The number of nitrogens with zero attached hydrogens (tertiary/aromatic N) is 2. The van der Waals surface area contributed by atoms with Gasteiger partial charge in [0.2, 0.25) is 0 Å². The van der Waals surface area contributed by atoms with Gasteiger partial charge in [0.1, 0.15) is 0 Å². The molecule has 90 valence electrons. The Balaban J connectivity index is 1.98. The number of aromatic carboxylic acids is 1. The van der Waals surface area contributed by atoms with Crippen LogP contribution in [0.5, 0.6) is 0 Å². The van der Waals surface area contributed by atoms with E-state index in [-0.39, 0.29) is 5.69 Å². The van der Waals surface area contributed by atoms with Crippen LogP contribution in [0.25, 0.3) is 0 Å². The van der Waals surface area contributed by atoms with E-state index in [2.05, 4.69) is 17.1 Å². The van der Waals surface area contributed by atoms with E-state index in [4.69, 9.17) is 5.11 Å². The number of carbonyl (C=O) groups is 1. The molecule has 0 bridgehead atoms. The second-order valence-corrected chi connectivity index (χ2v) is 4.30. The van der Waals surface area contributed by atoms with Crippen molar-refractivity contribution < 1.29 is 9.90 Å². The zero-order chi connectivity index (χ0) is 12.5. The fourth-order valence-electron chi connectivity index (χ4n) is 2.32. The average molecular weight is 240 g/mol. The lowest BCUT2D eigenvalue weighted by atomic mass is 10.1. The zero-order valence-corrected chi connectivity index (χ0v) is 9.71. The zero-order valence-electron chi connectivity index (χ0n) is 9.71. The number of fused-ring (bicyclic) bond motifs is 1. The van der Waals surface area contributed by atoms with Crippen LogP contribution in [0.15, 0.2) is 42.6 Å². The summed E-state index contributed by atoms with van der Waals surface area (Å²) in [5.41, 5.74) is 3.29. The van der Waals surface area contributed by atoms with Crippen molar-refractivity contribution in [3.05, 3.63) is 59.4 Å². The van der Waals surface area contributed by atoms with Crippen LogP contribution in [-0.4, -0.2) is 16.1 Å². The highest BCUT2D eigenvalue weighted by Gasteiger charge is 2.23. The molecule has 1 N–H and O–H groups in total. The van der Waals surface area contributed by atoms with Crippen LogP contribution in [0.1, 0.15) is 21.6 Å². The number of rotatable bonds is 2. The lowest BCUT2D eigenvalue weighted by Crippen LogP contribution is -2.18. The summed E-state index contributed by atoms with van der Waals surface area (Å²) < 4.78 is 0. The molecule has 0 radical (unpaired) electrons. The molecule has 2 aromatic rings. The molecule has 18 heavy (non-hydrogen) atoms. The lowest BCUT2D eigenvalue weighted by Gasteiger charge is -2.18. The molecule has 0 saturated carbocycles. The molecule has 0 spiro atoms.